The van der Waals surface area contributed by atoms with Crippen molar-refractivity contribution in [1.29, 1.82) is 5.26 Å². The van der Waals surface area contributed by atoms with Gasteiger partial charge in [0.15, 0.2) is 0 Å². The second kappa shape index (κ2) is 6.97. The molecule has 0 heterocycles. The first-order valence-electron chi connectivity index (χ1n) is 5.56. The van der Waals surface area contributed by atoms with Gasteiger partial charge in [0, 0.05) is 0 Å². The number of carbonyl (C=O) groups is 2. The fourth-order valence-corrected chi connectivity index (χ4v) is 1.27. The molecule has 0 N–H and O–H groups in total. The molecule has 0 amide bonds. The third kappa shape index (κ3) is 5.04. The zero-order valence-electron chi connectivity index (χ0n) is 10.5. The molecule has 0 aliphatic carbocycles. The van der Waals surface area contributed by atoms with Crippen LogP contribution in [0.4, 0.5) is 0 Å². The summed E-state index contributed by atoms with van der Waals surface area (Å²) in [6.45, 7) is 4.89. The van der Waals surface area contributed by atoms with E-state index in [-0.39, 0.29) is 24.4 Å². The summed E-state index contributed by atoms with van der Waals surface area (Å²) in [7, 11) is 0. The van der Waals surface area contributed by atoms with Gasteiger partial charge in [-0.25, -0.2) is 4.79 Å². The standard InChI is InChI=1S/C14H13NO4/c1-10(2)19-13(16)6-7-18-14(17)12-5-3-4-11(8-12)9-15/h3-5,8H,1,6-7H2,2H3. The highest BCUT2D eigenvalue weighted by Gasteiger charge is 2.10. The zero-order valence-corrected chi connectivity index (χ0v) is 10.5. The van der Waals surface area contributed by atoms with E-state index in [1.165, 1.54) is 12.1 Å². The van der Waals surface area contributed by atoms with Gasteiger partial charge in [-0.2, -0.15) is 5.26 Å². The molecule has 0 saturated heterocycles. The summed E-state index contributed by atoms with van der Waals surface area (Å²) >= 11 is 0. The number of nitriles is 1. The van der Waals surface area contributed by atoms with Crippen molar-refractivity contribution in [2.75, 3.05) is 6.61 Å². The van der Waals surface area contributed by atoms with E-state index in [2.05, 4.69) is 6.58 Å². The maximum Gasteiger partial charge on any atom is 0.338 e. The number of nitrogens with zero attached hydrogens (tertiary/aromatic N) is 1. The first kappa shape index (κ1) is 14.5. The van der Waals surface area contributed by atoms with E-state index >= 15 is 0 Å². The Morgan fingerprint density at radius 3 is 2.79 bits per heavy atom. The molecule has 5 nitrogen and oxygen atoms in total. The van der Waals surface area contributed by atoms with Crippen LogP contribution in [0, 0.1) is 11.3 Å². The fraction of sp³-hybridized carbons (Fsp3) is 0.214. The van der Waals surface area contributed by atoms with Crippen molar-refractivity contribution in [2.24, 2.45) is 0 Å². The first-order valence-corrected chi connectivity index (χ1v) is 5.56. The van der Waals surface area contributed by atoms with Crippen molar-refractivity contribution < 1.29 is 19.1 Å². The molecule has 0 aliphatic rings. The summed E-state index contributed by atoms with van der Waals surface area (Å²) in [6, 6.07) is 8.06. The minimum atomic E-state index is -0.583. The molecule has 1 rings (SSSR count). The van der Waals surface area contributed by atoms with Crippen LogP contribution in [0.5, 0.6) is 0 Å². The van der Waals surface area contributed by atoms with E-state index in [1.807, 2.05) is 6.07 Å². The van der Waals surface area contributed by atoms with Crippen molar-refractivity contribution >= 4 is 11.9 Å². The van der Waals surface area contributed by atoms with Crippen LogP contribution in [-0.2, 0) is 14.3 Å². The number of benzene rings is 1. The summed E-state index contributed by atoms with van der Waals surface area (Å²) in [4.78, 5) is 22.8. The maximum atomic E-state index is 11.6. The highest BCUT2D eigenvalue weighted by molar-refractivity contribution is 5.89. The molecular formula is C14H13NO4. The Bertz CT molecular complexity index is 543. The Morgan fingerprint density at radius 1 is 1.42 bits per heavy atom. The Labute approximate surface area is 111 Å². The Kier molecular flexibility index (Phi) is 5.30. The van der Waals surface area contributed by atoms with Crippen LogP contribution in [0.3, 0.4) is 0 Å². The van der Waals surface area contributed by atoms with Gasteiger partial charge in [-0.15, -0.1) is 0 Å². The molecule has 0 unspecified atom stereocenters. The van der Waals surface area contributed by atoms with Gasteiger partial charge in [0.2, 0.25) is 0 Å². The molecule has 0 radical (unpaired) electrons. The normalized spacial score (nSPS) is 9.26. The fourth-order valence-electron chi connectivity index (χ4n) is 1.27. The van der Waals surface area contributed by atoms with Crippen molar-refractivity contribution in [3.63, 3.8) is 0 Å². The monoisotopic (exact) mass is 259 g/mol. The van der Waals surface area contributed by atoms with Crippen LogP contribution >= 0.6 is 0 Å². The topological polar surface area (TPSA) is 76.4 Å². The van der Waals surface area contributed by atoms with Gasteiger partial charge in [0.1, 0.15) is 6.61 Å². The van der Waals surface area contributed by atoms with E-state index in [9.17, 15) is 9.59 Å². The van der Waals surface area contributed by atoms with Gasteiger partial charge >= 0.3 is 11.9 Å². The summed E-state index contributed by atoms with van der Waals surface area (Å²) in [5.41, 5.74) is 0.642. The Morgan fingerprint density at radius 2 is 2.16 bits per heavy atom. The largest absolute Gasteiger partial charge is 0.461 e. The molecule has 0 aromatic heterocycles. The van der Waals surface area contributed by atoms with Gasteiger partial charge in [0.25, 0.3) is 0 Å². The van der Waals surface area contributed by atoms with Gasteiger partial charge in [0.05, 0.1) is 29.4 Å². The number of carbonyl (C=O) groups excluding carboxylic acids is 2. The van der Waals surface area contributed by atoms with Crippen LogP contribution in [0.15, 0.2) is 36.6 Å². The first-order chi connectivity index (χ1) is 9.02. The SMILES string of the molecule is C=C(C)OC(=O)CCOC(=O)c1cccc(C#N)c1. The average molecular weight is 259 g/mol. The van der Waals surface area contributed by atoms with Gasteiger partial charge in [-0.3, -0.25) is 4.79 Å². The van der Waals surface area contributed by atoms with Gasteiger partial charge in [-0.05, 0) is 25.1 Å². The zero-order chi connectivity index (χ0) is 14.3. The second-order valence-corrected chi connectivity index (χ2v) is 3.75. The third-order valence-corrected chi connectivity index (χ3v) is 2.05. The number of rotatable bonds is 5. The maximum absolute atomic E-state index is 11.6. The van der Waals surface area contributed by atoms with Crippen molar-refractivity contribution in [1.82, 2.24) is 0 Å². The summed E-state index contributed by atoms with van der Waals surface area (Å²) < 4.78 is 9.61. The minimum absolute atomic E-state index is 0.0451. The highest BCUT2D eigenvalue weighted by atomic mass is 16.5. The van der Waals surface area contributed by atoms with Crippen molar-refractivity contribution in [3.05, 3.63) is 47.7 Å². The van der Waals surface area contributed by atoms with Gasteiger partial charge in [-0.1, -0.05) is 12.6 Å². The number of allylic oxidation sites excluding steroid dienone is 1. The number of esters is 2. The lowest BCUT2D eigenvalue weighted by Crippen LogP contribution is -2.11. The number of hydrogen-bond acceptors (Lipinski definition) is 5. The quantitative estimate of drug-likeness (QED) is 0.598. The van der Waals surface area contributed by atoms with Gasteiger partial charge < -0.3 is 9.47 Å². The molecule has 98 valence electrons. The van der Waals surface area contributed by atoms with Crippen LogP contribution in [0.2, 0.25) is 0 Å². The lowest BCUT2D eigenvalue weighted by Gasteiger charge is -2.05. The van der Waals surface area contributed by atoms with Crippen LogP contribution in [-0.4, -0.2) is 18.5 Å². The molecular weight excluding hydrogens is 246 g/mol. The smallest absolute Gasteiger partial charge is 0.338 e. The highest BCUT2D eigenvalue weighted by Crippen LogP contribution is 2.06. The van der Waals surface area contributed by atoms with E-state index < -0.39 is 11.9 Å². The van der Waals surface area contributed by atoms with E-state index in [4.69, 9.17) is 14.7 Å². The predicted molar refractivity (Wildman–Crippen MR) is 67.0 cm³/mol. The lowest BCUT2D eigenvalue weighted by molar-refractivity contribution is -0.140. The molecule has 0 fully saturated rings. The average Bonchev–Trinajstić information content (AvgIpc) is 2.37. The molecule has 1 aromatic carbocycles. The predicted octanol–water partition coefficient (Wildman–Crippen LogP) is 2.18. The summed E-state index contributed by atoms with van der Waals surface area (Å²) in [5.74, 6) is -0.802. The van der Waals surface area contributed by atoms with E-state index in [0.29, 0.717) is 5.56 Å². The molecule has 0 atom stereocenters. The molecule has 0 bridgehead atoms. The summed E-state index contributed by atoms with van der Waals surface area (Å²) in [5, 5.41) is 8.71. The van der Waals surface area contributed by atoms with Crippen LogP contribution in [0.1, 0.15) is 29.3 Å². The molecule has 0 spiro atoms. The lowest BCUT2D eigenvalue weighted by atomic mass is 10.1. The minimum Gasteiger partial charge on any atom is -0.461 e. The van der Waals surface area contributed by atoms with Crippen molar-refractivity contribution in [2.45, 2.75) is 13.3 Å². The van der Waals surface area contributed by atoms with Crippen molar-refractivity contribution in [3.8, 4) is 6.07 Å². The molecule has 19 heavy (non-hydrogen) atoms. The van der Waals surface area contributed by atoms with Crippen LogP contribution < -0.4 is 0 Å². The number of ether oxygens (including phenoxy) is 2. The molecule has 0 saturated carbocycles. The Hall–Kier alpha value is -2.61. The molecule has 1 aromatic rings. The van der Waals surface area contributed by atoms with E-state index in [1.54, 1.807) is 19.1 Å². The molecule has 0 aliphatic heterocycles. The summed E-state index contributed by atoms with van der Waals surface area (Å²) in [6.07, 6.45) is -0.0451. The Balaban J connectivity index is 2.45. The third-order valence-electron chi connectivity index (χ3n) is 2.05. The second-order valence-electron chi connectivity index (χ2n) is 3.75. The van der Waals surface area contributed by atoms with E-state index in [0.717, 1.165) is 0 Å². The van der Waals surface area contributed by atoms with Crippen LogP contribution in [0.25, 0.3) is 0 Å². The molecule has 5 heteroatoms. The number of hydrogen-bond donors (Lipinski definition) is 0.